The Bertz CT molecular complexity index is 2020. The van der Waals surface area contributed by atoms with E-state index < -0.39 is 89.6 Å². The molecule has 330 valence electrons. The number of ketones is 1. The van der Waals surface area contributed by atoms with E-state index in [1.54, 1.807) is 44.7 Å². The number of anilines is 1. The van der Waals surface area contributed by atoms with Crippen LogP contribution in [0.4, 0.5) is 5.69 Å². The maximum absolute atomic E-state index is 14.5. The van der Waals surface area contributed by atoms with E-state index in [0.717, 1.165) is 0 Å². The van der Waals surface area contributed by atoms with Gasteiger partial charge in [-0.25, -0.2) is 0 Å². The van der Waals surface area contributed by atoms with E-state index in [4.69, 9.17) is 23.7 Å². The highest BCUT2D eigenvalue weighted by molar-refractivity contribution is 6.21. The highest BCUT2D eigenvalue weighted by Gasteiger charge is 2.49. The molecule has 0 aromatic heterocycles. The average Bonchev–Trinajstić information content (AvgIpc) is 3.47. The zero-order chi connectivity index (χ0) is 44.8. The number of aliphatic hydroxyl groups is 2. The summed E-state index contributed by atoms with van der Waals surface area (Å²) in [5, 5.41) is 48.6. The second-order valence-electron chi connectivity index (χ2n) is 16.1. The standard InChI is InChI=1S/C45H62N2O13/c1-12-18-47(19-13-2)33(49)22-57-32-21-30-40(53)35-34(32)36-42(28(8)39(35)52)60-45(10,43(36)54)58-20-17-31(56-11)25(5)41(59-29(9)48)27(7)38(51)26(6)37(50)23(3)15-14-16-24(4)44(55)46-30/h14-17,20-21,23,25-27,31,37-38,41,50-53H,12-13,18-19,22H2,1-11H3,(H,46,55). The number of ether oxygens (including phenoxy) is 5. The Labute approximate surface area is 352 Å². The number of phenols is 2. The molecule has 3 aliphatic rings. The third kappa shape index (κ3) is 9.90. The number of carbonyl (C=O) groups is 4. The first-order valence-corrected chi connectivity index (χ1v) is 20.5. The molecule has 0 radical (unpaired) electrons. The van der Waals surface area contributed by atoms with E-state index in [1.807, 2.05) is 13.8 Å². The Morgan fingerprint density at radius 2 is 1.58 bits per heavy atom. The van der Waals surface area contributed by atoms with Crippen molar-refractivity contribution in [2.24, 2.45) is 23.7 Å². The van der Waals surface area contributed by atoms with Gasteiger partial charge in [0, 0.05) is 80.3 Å². The van der Waals surface area contributed by atoms with Crippen LogP contribution in [0.3, 0.4) is 0 Å². The third-order valence-corrected chi connectivity index (χ3v) is 11.5. The molecule has 9 atom stereocenters. The summed E-state index contributed by atoms with van der Waals surface area (Å²) in [5.74, 6) is -7.95. The summed E-state index contributed by atoms with van der Waals surface area (Å²) in [5.41, 5.74) is 0.00940. The molecule has 0 saturated heterocycles. The molecule has 2 aromatic rings. The number of nitrogens with zero attached hydrogens (tertiary/aromatic N) is 1. The van der Waals surface area contributed by atoms with Crippen molar-refractivity contribution in [2.45, 2.75) is 112 Å². The Hall–Kier alpha value is -5.12. The topological polar surface area (TPSA) is 211 Å². The van der Waals surface area contributed by atoms with Gasteiger partial charge in [-0.05, 0) is 32.8 Å². The summed E-state index contributed by atoms with van der Waals surface area (Å²) in [6.45, 7) is 17.0. The van der Waals surface area contributed by atoms with Gasteiger partial charge in [-0.15, -0.1) is 0 Å². The van der Waals surface area contributed by atoms with Gasteiger partial charge in [-0.2, -0.15) is 0 Å². The Morgan fingerprint density at radius 3 is 2.18 bits per heavy atom. The summed E-state index contributed by atoms with van der Waals surface area (Å²) < 4.78 is 29.8. The van der Waals surface area contributed by atoms with Gasteiger partial charge in [0.25, 0.3) is 17.6 Å². The van der Waals surface area contributed by atoms with Crippen LogP contribution < -0.4 is 14.8 Å². The van der Waals surface area contributed by atoms with E-state index in [-0.39, 0.29) is 50.6 Å². The van der Waals surface area contributed by atoms with Crippen molar-refractivity contribution in [3.63, 3.8) is 0 Å². The van der Waals surface area contributed by atoms with Gasteiger partial charge in [0.15, 0.2) is 12.4 Å². The molecule has 9 unspecified atom stereocenters. The van der Waals surface area contributed by atoms with Gasteiger partial charge in [0.2, 0.25) is 0 Å². The summed E-state index contributed by atoms with van der Waals surface area (Å²) in [6, 6.07) is 1.28. The van der Waals surface area contributed by atoms with Gasteiger partial charge >= 0.3 is 11.8 Å². The zero-order valence-corrected chi connectivity index (χ0v) is 36.5. The van der Waals surface area contributed by atoms with Crippen LogP contribution in [0.5, 0.6) is 23.0 Å². The maximum Gasteiger partial charge on any atom is 0.312 e. The molecule has 3 heterocycles. The fraction of sp³-hybridized carbons (Fsp3) is 0.556. The Morgan fingerprint density at radius 1 is 0.933 bits per heavy atom. The van der Waals surface area contributed by atoms with Crippen LogP contribution in [-0.2, 0) is 28.6 Å². The van der Waals surface area contributed by atoms with Gasteiger partial charge in [0.1, 0.15) is 23.4 Å². The normalized spacial score (nSPS) is 27.6. The Kier molecular flexibility index (Phi) is 15.8. The van der Waals surface area contributed by atoms with Crippen molar-refractivity contribution in [3.05, 3.63) is 53.3 Å². The number of hydrogen-bond acceptors (Lipinski definition) is 13. The lowest BCUT2D eigenvalue weighted by molar-refractivity contribution is -0.160. The molecule has 0 spiro atoms. The average molecular weight is 839 g/mol. The number of allylic oxidation sites excluding steroid dienone is 2. The number of Topliss-reactive ketones (excluding diaryl/α,β-unsaturated/α-hetero) is 1. The number of rotatable bonds is 9. The lowest BCUT2D eigenvalue weighted by atomic mass is 9.78. The molecule has 5 bridgehead atoms. The summed E-state index contributed by atoms with van der Waals surface area (Å²) >= 11 is 0. The fourth-order valence-corrected chi connectivity index (χ4v) is 7.88. The number of benzene rings is 2. The van der Waals surface area contributed by atoms with E-state index in [9.17, 15) is 39.6 Å². The van der Waals surface area contributed by atoms with Crippen LogP contribution >= 0.6 is 0 Å². The van der Waals surface area contributed by atoms with Crippen LogP contribution in [0, 0.1) is 30.6 Å². The first-order valence-electron chi connectivity index (χ1n) is 20.5. The molecule has 15 heteroatoms. The van der Waals surface area contributed by atoms with Gasteiger partial charge in [0.05, 0.1) is 41.2 Å². The Balaban J connectivity index is 1.94. The summed E-state index contributed by atoms with van der Waals surface area (Å²) in [7, 11) is 1.44. The molecular weight excluding hydrogens is 776 g/mol. The fourth-order valence-electron chi connectivity index (χ4n) is 7.88. The van der Waals surface area contributed by atoms with Crippen molar-refractivity contribution >= 4 is 40.0 Å². The predicted molar refractivity (Wildman–Crippen MR) is 225 cm³/mol. The van der Waals surface area contributed by atoms with Crippen LogP contribution in [0.1, 0.15) is 91.1 Å². The quantitative estimate of drug-likeness (QED) is 0.144. The van der Waals surface area contributed by atoms with Crippen LogP contribution in [-0.4, -0.2) is 106 Å². The van der Waals surface area contributed by atoms with Crippen molar-refractivity contribution in [1.82, 2.24) is 4.90 Å². The lowest BCUT2D eigenvalue weighted by Crippen LogP contribution is -2.46. The van der Waals surface area contributed by atoms with Crippen molar-refractivity contribution in [2.75, 3.05) is 32.1 Å². The molecule has 3 aliphatic heterocycles. The maximum atomic E-state index is 14.5. The van der Waals surface area contributed by atoms with E-state index >= 15 is 0 Å². The SMILES string of the molecule is CCCN(CCC)C(=O)COc1cc2c(O)c3c(O)c(C)c4c(c13)C(=O)C(C)(OC=CC(OC)C(C)C(OC(C)=O)C(C)C(O)C(C)C(O)C(C)C=CC=C(C)C(=O)N2)O4. The molecule has 15 nitrogen and oxygen atoms in total. The molecule has 5 rings (SSSR count). The van der Waals surface area contributed by atoms with Crippen LogP contribution in [0.25, 0.3) is 10.8 Å². The zero-order valence-electron chi connectivity index (χ0n) is 36.5. The second kappa shape index (κ2) is 20.0. The predicted octanol–water partition coefficient (Wildman–Crippen LogP) is 6.08. The van der Waals surface area contributed by atoms with Crippen LogP contribution in [0.15, 0.2) is 42.2 Å². The number of phenolic OH excluding ortho intramolecular Hbond substituents is 2. The monoisotopic (exact) mass is 838 g/mol. The highest BCUT2D eigenvalue weighted by Crippen LogP contribution is 2.54. The van der Waals surface area contributed by atoms with Crippen LogP contribution in [0.2, 0.25) is 0 Å². The molecule has 2 amide bonds. The molecule has 0 aliphatic carbocycles. The molecule has 5 N–H and O–H groups in total. The van der Waals surface area contributed by atoms with E-state index in [2.05, 4.69) is 5.32 Å². The van der Waals surface area contributed by atoms with E-state index in [0.29, 0.717) is 25.9 Å². The number of fused-ring (bicyclic) bond motifs is 14. The molecule has 0 saturated carbocycles. The number of aromatic hydroxyl groups is 2. The molecule has 60 heavy (non-hydrogen) atoms. The molecular formula is C45H62N2O13. The summed E-state index contributed by atoms with van der Waals surface area (Å²) in [6.07, 6.45) is 5.04. The number of amides is 2. The van der Waals surface area contributed by atoms with Gasteiger partial charge < -0.3 is 54.3 Å². The highest BCUT2D eigenvalue weighted by atomic mass is 16.7. The number of aliphatic hydroxyl groups excluding tert-OH is 2. The smallest absolute Gasteiger partial charge is 0.312 e. The van der Waals surface area contributed by atoms with Gasteiger partial charge in [-0.3, -0.25) is 19.2 Å². The molecule has 0 fully saturated rings. The number of nitrogens with one attached hydrogen (secondary N) is 1. The number of methoxy groups -OCH3 is 1. The van der Waals surface area contributed by atoms with E-state index in [1.165, 1.54) is 59.3 Å². The van der Waals surface area contributed by atoms with Gasteiger partial charge in [-0.1, -0.05) is 59.8 Å². The summed E-state index contributed by atoms with van der Waals surface area (Å²) in [4.78, 5) is 55.5. The minimum atomic E-state index is -2.02. The minimum absolute atomic E-state index is 0.0529. The van der Waals surface area contributed by atoms with Crippen molar-refractivity contribution in [3.8, 4) is 23.0 Å². The van der Waals surface area contributed by atoms with Crippen molar-refractivity contribution in [1.29, 1.82) is 0 Å². The second-order valence-corrected chi connectivity index (χ2v) is 16.1. The van der Waals surface area contributed by atoms with Crippen molar-refractivity contribution < 1.29 is 63.3 Å². The third-order valence-electron chi connectivity index (χ3n) is 11.5. The number of hydrogen-bond donors (Lipinski definition) is 5. The minimum Gasteiger partial charge on any atom is -0.507 e. The first-order chi connectivity index (χ1) is 28.2. The molecule has 2 aromatic carbocycles. The number of carbonyl (C=O) groups excluding carboxylic acids is 4. The number of esters is 1. The first kappa shape index (κ1) is 47.6. The lowest BCUT2D eigenvalue weighted by Gasteiger charge is -2.38. The largest absolute Gasteiger partial charge is 0.507 e.